The summed E-state index contributed by atoms with van der Waals surface area (Å²) >= 11 is 1.49. The standard InChI is InChI=1S/C26H22N4O6S/c1-33-21-10-7-16(11-19(21)30(31)32)20-13-27-14-29(20)17-8-5-15(6-9-17)26-28-18-12-22(34-2)23(35-3)24(36-4)25(18)37-26/h5-14H,1-4H3. The predicted molar refractivity (Wildman–Crippen MR) is 140 cm³/mol. The summed E-state index contributed by atoms with van der Waals surface area (Å²) in [4.78, 5) is 20.1. The van der Waals surface area contributed by atoms with Crippen molar-refractivity contribution in [3.05, 3.63) is 71.2 Å². The molecule has 188 valence electrons. The van der Waals surface area contributed by atoms with Gasteiger partial charge in [-0.2, -0.15) is 0 Å². The number of benzene rings is 3. The molecule has 10 nitrogen and oxygen atoms in total. The van der Waals surface area contributed by atoms with Crippen LogP contribution in [0.3, 0.4) is 0 Å². The minimum absolute atomic E-state index is 0.109. The van der Waals surface area contributed by atoms with Crippen molar-refractivity contribution in [3.8, 4) is 50.5 Å². The summed E-state index contributed by atoms with van der Waals surface area (Å²) in [7, 11) is 6.14. The molecular weight excluding hydrogens is 496 g/mol. The molecule has 0 saturated carbocycles. The van der Waals surface area contributed by atoms with Gasteiger partial charge >= 0.3 is 5.69 Å². The van der Waals surface area contributed by atoms with E-state index in [-0.39, 0.29) is 11.4 Å². The Kier molecular flexibility index (Phi) is 6.36. The summed E-state index contributed by atoms with van der Waals surface area (Å²) in [5, 5.41) is 12.3. The van der Waals surface area contributed by atoms with E-state index in [0.29, 0.717) is 28.5 Å². The van der Waals surface area contributed by atoms with Crippen molar-refractivity contribution in [3.63, 3.8) is 0 Å². The van der Waals surface area contributed by atoms with Crippen LogP contribution in [0.5, 0.6) is 23.0 Å². The molecule has 0 aliphatic heterocycles. The molecular formula is C26H22N4O6S. The third-order valence-electron chi connectivity index (χ3n) is 5.89. The second-order valence-corrected chi connectivity index (χ2v) is 8.85. The van der Waals surface area contributed by atoms with Gasteiger partial charge in [0.1, 0.15) is 9.71 Å². The molecule has 2 aromatic heterocycles. The van der Waals surface area contributed by atoms with Crippen molar-refractivity contribution in [2.24, 2.45) is 0 Å². The van der Waals surface area contributed by atoms with E-state index >= 15 is 0 Å². The van der Waals surface area contributed by atoms with Crippen molar-refractivity contribution in [2.75, 3.05) is 28.4 Å². The van der Waals surface area contributed by atoms with E-state index in [1.165, 1.54) is 24.5 Å². The zero-order chi connectivity index (χ0) is 26.1. The first-order valence-electron chi connectivity index (χ1n) is 11.0. The second kappa shape index (κ2) is 9.78. The van der Waals surface area contributed by atoms with Gasteiger partial charge in [-0.3, -0.25) is 14.7 Å². The van der Waals surface area contributed by atoms with Gasteiger partial charge in [0.25, 0.3) is 0 Å². The smallest absolute Gasteiger partial charge is 0.311 e. The molecule has 0 N–H and O–H groups in total. The molecule has 0 bridgehead atoms. The highest BCUT2D eigenvalue weighted by Gasteiger charge is 2.21. The van der Waals surface area contributed by atoms with E-state index < -0.39 is 4.92 Å². The van der Waals surface area contributed by atoms with Crippen LogP contribution >= 0.6 is 11.3 Å². The van der Waals surface area contributed by atoms with Gasteiger partial charge in [-0.1, -0.05) is 0 Å². The maximum atomic E-state index is 11.5. The maximum absolute atomic E-state index is 11.5. The van der Waals surface area contributed by atoms with Gasteiger partial charge in [0, 0.05) is 28.9 Å². The van der Waals surface area contributed by atoms with Crippen LogP contribution in [0.4, 0.5) is 5.69 Å². The topological polar surface area (TPSA) is 111 Å². The van der Waals surface area contributed by atoms with Gasteiger partial charge in [0.15, 0.2) is 17.2 Å². The minimum Gasteiger partial charge on any atom is -0.493 e. The summed E-state index contributed by atoms with van der Waals surface area (Å²) in [5.74, 6) is 1.85. The van der Waals surface area contributed by atoms with E-state index in [0.717, 1.165) is 26.5 Å². The molecule has 2 heterocycles. The summed E-state index contributed by atoms with van der Waals surface area (Å²) < 4.78 is 24.4. The molecule has 0 spiro atoms. The Morgan fingerprint density at radius 1 is 0.865 bits per heavy atom. The predicted octanol–water partition coefficient (Wildman–Crippen LogP) is 5.76. The van der Waals surface area contributed by atoms with Gasteiger partial charge < -0.3 is 18.9 Å². The van der Waals surface area contributed by atoms with Crippen LogP contribution in [0.1, 0.15) is 0 Å². The van der Waals surface area contributed by atoms with Crippen LogP contribution in [-0.2, 0) is 0 Å². The Morgan fingerprint density at radius 3 is 2.22 bits per heavy atom. The molecule has 5 aromatic rings. The van der Waals surface area contributed by atoms with Crippen LogP contribution < -0.4 is 18.9 Å². The van der Waals surface area contributed by atoms with E-state index in [4.69, 9.17) is 23.9 Å². The Morgan fingerprint density at radius 2 is 1.57 bits per heavy atom. The monoisotopic (exact) mass is 518 g/mol. The molecule has 3 aromatic carbocycles. The first kappa shape index (κ1) is 24.1. The SMILES string of the molecule is COc1ccc(-c2cncn2-c2ccc(-c3nc4cc(OC)c(OC)c(OC)c4s3)cc2)cc1[N+](=O)[O-]. The molecule has 0 atom stereocenters. The quantitative estimate of drug-likeness (QED) is 0.188. The van der Waals surface area contributed by atoms with Crippen molar-refractivity contribution in [1.82, 2.24) is 14.5 Å². The van der Waals surface area contributed by atoms with Gasteiger partial charge in [-0.25, -0.2) is 9.97 Å². The highest BCUT2D eigenvalue weighted by Crippen LogP contribution is 2.47. The Labute approximate surface area is 215 Å². The molecule has 5 rings (SSSR count). The number of hydrogen-bond donors (Lipinski definition) is 0. The maximum Gasteiger partial charge on any atom is 0.311 e. The molecule has 0 saturated heterocycles. The average molecular weight is 519 g/mol. The molecule has 0 unspecified atom stereocenters. The number of nitro groups is 1. The Balaban J connectivity index is 1.51. The van der Waals surface area contributed by atoms with Gasteiger partial charge in [0.2, 0.25) is 5.75 Å². The minimum atomic E-state index is -0.462. The Bertz CT molecular complexity index is 1610. The molecule has 0 fully saturated rings. The van der Waals surface area contributed by atoms with E-state index in [2.05, 4.69) is 4.98 Å². The van der Waals surface area contributed by atoms with Gasteiger partial charge in [-0.15, -0.1) is 11.3 Å². The summed E-state index contributed by atoms with van der Waals surface area (Å²) in [6, 6.07) is 14.5. The highest BCUT2D eigenvalue weighted by molar-refractivity contribution is 7.22. The number of nitro benzene ring substituents is 1. The van der Waals surface area contributed by atoms with Crippen LogP contribution in [0, 0.1) is 10.1 Å². The third-order valence-corrected chi connectivity index (χ3v) is 7.01. The lowest BCUT2D eigenvalue weighted by atomic mass is 10.1. The number of rotatable bonds is 8. The van der Waals surface area contributed by atoms with Gasteiger partial charge in [0.05, 0.1) is 57.1 Å². The molecule has 0 aliphatic carbocycles. The number of methoxy groups -OCH3 is 4. The summed E-state index contributed by atoms with van der Waals surface area (Å²) in [5.41, 5.74) is 3.76. The molecule has 0 radical (unpaired) electrons. The largest absolute Gasteiger partial charge is 0.493 e. The summed E-state index contributed by atoms with van der Waals surface area (Å²) in [6.07, 6.45) is 3.33. The highest BCUT2D eigenvalue weighted by atomic mass is 32.1. The number of aromatic nitrogens is 3. The normalized spacial score (nSPS) is 10.9. The number of imidazole rings is 1. The van der Waals surface area contributed by atoms with Crippen molar-refractivity contribution in [1.29, 1.82) is 0 Å². The Hall–Kier alpha value is -4.64. The fourth-order valence-corrected chi connectivity index (χ4v) is 5.19. The molecule has 37 heavy (non-hydrogen) atoms. The van der Waals surface area contributed by atoms with Crippen LogP contribution in [-0.4, -0.2) is 47.9 Å². The zero-order valence-electron chi connectivity index (χ0n) is 20.4. The lowest BCUT2D eigenvalue weighted by Crippen LogP contribution is -1.97. The van der Waals surface area contributed by atoms with Crippen molar-refractivity contribution in [2.45, 2.75) is 0 Å². The number of hydrogen-bond acceptors (Lipinski definition) is 9. The number of ether oxygens (including phenoxy) is 4. The van der Waals surface area contributed by atoms with E-state index in [9.17, 15) is 10.1 Å². The number of thiazole rings is 1. The average Bonchev–Trinajstić information content (AvgIpc) is 3.59. The van der Waals surface area contributed by atoms with Gasteiger partial charge in [-0.05, 0) is 36.4 Å². The van der Waals surface area contributed by atoms with Crippen molar-refractivity contribution < 1.29 is 23.9 Å². The fourth-order valence-electron chi connectivity index (χ4n) is 4.12. The molecule has 11 heteroatoms. The fraction of sp³-hybridized carbons (Fsp3) is 0.154. The molecule has 0 amide bonds. The zero-order valence-corrected chi connectivity index (χ0v) is 21.2. The van der Waals surface area contributed by atoms with Crippen LogP contribution in [0.15, 0.2) is 61.1 Å². The number of fused-ring (bicyclic) bond motifs is 1. The van der Waals surface area contributed by atoms with Crippen molar-refractivity contribution >= 4 is 27.2 Å². The third kappa shape index (κ3) is 4.19. The first-order valence-corrected chi connectivity index (χ1v) is 11.9. The van der Waals surface area contributed by atoms with Crippen LogP contribution in [0.25, 0.3) is 37.7 Å². The second-order valence-electron chi connectivity index (χ2n) is 7.85. The first-order chi connectivity index (χ1) is 18.0. The van der Waals surface area contributed by atoms with E-state index in [1.807, 2.05) is 34.9 Å². The van der Waals surface area contributed by atoms with Crippen LogP contribution in [0.2, 0.25) is 0 Å². The van der Waals surface area contributed by atoms with E-state index in [1.54, 1.807) is 46.0 Å². The lowest BCUT2D eigenvalue weighted by molar-refractivity contribution is -0.385. The molecule has 0 aliphatic rings. The summed E-state index contributed by atoms with van der Waals surface area (Å²) in [6.45, 7) is 0. The lowest BCUT2D eigenvalue weighted by Gasteiger charge is -2.11. The number of nitrogens with zero attached hydrogens (tertiary/aromatic N) is 4.